The Kier molecular flexibility index (Phi) is 3.75. The van der Waals surface area contributed by atoms with E-state index >= 15 is 0 Å². The first-order valence-electron chi connectivity index (χ1n) is 7.18. The van der Waals surface area contributed by atoms with Crippen LogP contribution >= 0.6 is 11.6 Å². The van der Waals surface area contributed by atoms with Crippen LogP contribution in [0, 0.1) is 6.92 Å². The average molecular weight is 314 g/mol. The minimum absolute atomic E-state index is 0.126. The summed E-state index contributed by atoms with van der Waals surface area (Å²) in [4.78, 5) is 24.2. The van der Waals surface area contributed by atoms with Crippen LogP contribution in [0.1, 0.15) is 24.0 Å². The number of amides is 1. The van der Waals surface area contributed by atoms with Crippen LogP contribution in [0.25, 0.3) is 11.1 Å². The monoisotopic (exact) mass is 313 g/mol. The Morgan fingerprint density at radius 2 is 1.77 bits per heavy atom. The lowest BCUT2D eigenvalue weighted by molar-refractivity contribution is -0.124. The number of ketones is 1. The van der Waals surface area contributed by atoms with Crippen LogP contribution in [0.5, 0.6) is 0 Å². The van der Waals surface area contributed by atoms with Crippen molar-refractivity contribution in [3.63, 3.8) is 0 Å². The number of carbonyl (C=O) groups is 2. The van der Waals surface area contributed by atoms with Gasteiger partial charge in [-0.15, -0.1) is 0 Å². The molecule has 1 amide bonds. The number of nitrogens with one attached hydrogen (secondary N) is 1. The fraction of sp³-hybridized carbons (Fsp3) is 0.222. The molecule has 0 aliphatic carbocycles. The lowest BCUT2D eigenvalue weighted by atomic mass is 9.90. The van der Waals surface area contributed by atoms with Crippen molar-refractivity contribution in [3.8, 4) is 11.1 Å². The molecule has 2 atom stereocenters. The van der Waals surface area contributed by atoms with Gasteiger partial charge >= 0.3 is 0 Å². The molecule has 22 heavy (non-hydrogen) atoms. The number of Topliss-reactive ketones (excluding diaryl/α,β-unsaturated/α-hetero) is 1. The third-order valence-corrected chi connectivity index (χ3v) is 4.40. The zero-order valence-corrected chi connectivity index (χ0v) is 13.1. The number of benzene rings is 2. The quantitative estimate of drug-likeness (QED) is 0.863. The van der Waals surface area contributed by atoms with Gasteiger partial charge in [0.15, 0.2) is 5.78 Å². The van der Waals surface area contributed by atoms with Crippen LogP contribution in [0.2, 0.25) is 5.02 Å². The molecule has 1 N–H and O–H groups in total. The zero-order chi connectivity index (χ0) is 15.9. The minimum atomic E-state index is -0.800. The van der Waals surface area contributed by atoms with E-state index in [9.17, 15) is 9.59 Å². The molecule has 0 saturated carbocycles. The Labute approximate surface area is 134 Å². The number of halogens is 1. The molecule has 112 valence electrons. The van der Waals surface area contributed by atoms with E-state index < -0.39 is 12.0 Å². The number of carbonyl (C=O) groups excluding carboxylic acids is 2. The first-order chi connectivity index (χ1) is 10.5. The highest BCUT2D eigenvalue weighted by Crippen LogP contribution is 2.35. The van der Waals surface area contributed by atoms with Crippen LogP contribution in [0.3, 0.4) is 0 Å². The van der Waals surface area contributed by atoms with E-state index in [1.54, 1.807) is 6.92 Å². The van der Waals surface area contributed by atoms with E-state index in [0.29, 0.717) is 10.6 Å². The van der Waals surface area contributed by atoms with E-state index in [2.05, 4.69) is 5.32 Å². The molecule has 3 rings (SSSR count). The number of hydrogen-bond acceptors (Lipinski definition) is 2. The smallest absolute Gasteiger partial charge is 0.235 e. The normalized spacial score (nSPS) is 21.0. The third kappa shape index (κ3) is 2.42. The molecular weight excluding hydrogens is 298 g/mol. The highest BCUT2D eigenvalue weighted by Gasteiger charge is 2.40. The molecule has 2 aromatic carbocycles. The van der Waals surface area contributed by atoms with Gasteiger partial charge in [-0.05, 0) is 42.2 Å². The van der Waals surface area contributed by atoms with Gasteiger partial charge in [0.05, 0.1) is 6.04 Å². The van der Waals surface area contributed by atoms with Crippen molar-refractivity contribution in [3.05, 3.63) is 58.6 Å². The molecule has 0 spiro atoms. The van der Waals surface area contributed by atoms with E-state index in [0.717, 1.165) is 16.7 Å². The van der Waals surface area contributed by atoms with Gasteiger partial charge < -0.3 is 5.32 Å². The van der Waals surface area contributed by atoms with Gasteiger partial charge in [-0.3, -0.25) is 9.59 Å². The Bertz CT molecular complexity index is 755. The zero-order valence-electron chi connectivity index (χ0n) is 12.4. The molecule has 1 aliphatic heterocycles. The maximum atomic E-state index is 12.2. The van der Waals surface area contributed by atoms with Crippen molar-refractivity contribution in [2.24, 2.45) is 0 Å². The van der Waals surface area contributed by atoms with Crippen molar-refractivity contribution >= 4 is 23.3 Å². The van der Waals surface area contributed by atoms with Crippen LogP contribution in [-0.4, -0.2) is 17.7 Å². The van der Waals surface area contributed by atoms with Crippen molar-refractivity contribution in [2.45, 2.75) is 25.8 Å². The molecule has 1 fully saturated rings. The number of aryl methyl sites for hydroxylation is 1. The standard InChI is InChI=1S/C18H16ClNO2/c1-10-8-14(16-17(21)11(2)20-18(16)22)15(19)9-13(10)12-6-4-3-5-7-12/h3-9,11,16H,1-2H3,(H,20,22). The molecule has 1 saturated heterocycles. The first-order valence-corrected chi connectivity index (χ1v) is 7.56. The molecule has 2 unspecified atom stereocenters. The molecule has 0 bridgehead atoms. The summed E-state index contributed by atoms with van der Waals surface area (Å²) in [7, 11) is 0. The first kappa shape index (κ1) is 14.8. The van der Waals surface area contributed by atoms with Gasteiger partial charge in [0.25, 0.3) is 0 Å². The molecule has 0 aromatic heterocycles. The Morgan fingerprint density at radius 1 is 1.09 bits per heavy atom. The van der Waals surface area contributed by atoms with Crippen LogP contribution < -0.4 is 5.32 Å². The summed E-state index contributed by atoms with van der Waals surface area (Å²) in [6, 6.07) is 13.1. The summed E-state index contributed by atoms with van der Waals surface area (Å²) >= 11 is 6.38. The molecule has 1 heterocycles. The molecule has 2 aromatic rings. The summed E-state index contributed by atoms with van der Waals surface area (Å²) in [5, 5.41) is 3.11. The van der Waals surface area contributed by atoms with Gasteiger partial charge in [-0.1, -0.05) is 48.0 Å². The maximum Gasteiger partial charge on any atom is 0.235 e. The predicted molar refractivity (Wildman–Crippen MR) is 87.0 cm³/mol. The SMILES string of the molecule is Cc1cc(C2C(=O)NC(C)C2=O)c(Cl)cc1-c1ccccc1. The van der Waals surface area contributed by atoms with E-state index in [1.807, 2.05) is 49.4 Å². The maximum absolute atomic E-state index is 12.2. The second-order valence-electron chi connectivity index (χ2n) is 5.62. The van der Waals surface area contributed by atoms with Gasteiger partial charge in [-0.2, -0.15) is 0 Å². The molecule has 3 nitrogen and oxygen atoms in total. The lowest BCUT2D eigenvalue weighted by Gasteiger charge is -2.14. The Morgan fingerprint density at radius 3 is 2.36 bits per heavy atom. The number of rotatable bonds is 2. The molecule has 0 radical (unpaired) electrons. The Balaban J connectivity index is 2.08. The summed E-state index contributed by atoms with van der Waals surface area (Å²) in [6.45, 7) is 3.66. The molecular formula is C18H16ClNO2. The van der Waals surface area contributed by atoms with E-state index in [-0.39, 0.29) is 11.7 Å². The largest absolute Gasteiger partial charge is 0.346 e. The molecule has 4 heteroatoms. The lowest BCUT2D eigenvalue weighted by Crippen LogP contribution is -2.25. The second-order valence-corrected chi connectivity index (χ2v) is 6.03. The Hall–Kier alpha value is -2.13. The highest BCUT2D eigenvalue weighted by molar-refractivity contribution is 6.33. The van der Waals surface area contributed by atoms with E-state index in [1.165, 1.54) is 0 Å². The van der Waals surface area contributed by atoms with Gasteiger partial charge in [0, 0.05) is 5.02 Å². The third-order valence-electron chi connectivity index (χ3n) is 4.07. The fourth-order valence-corrected chi connectivity index (χ4v) is 3.17. The van der Waals surface area contributed by atoms with Gasteiger partial charge in [-0.25, -0.2) is 0 Å². The van der Waals surface area contributed by atoms with Crippen molar-refractivity contribution in [1.29, 1.82) is 0 Å². The van der Waals surface area contributed by atoms with Crippen molar-refractivity contribution in [1.82, 2.24) is 5.32 Å². The van der Waals surface area contributed by atoms with Crippen LogP contribution in [0.15, 0.2) is 42.5 Å². The number of hydrogen-bond donors (Lipinski definition) is 1. The van der Waals surface area contributed by atoms with Gasteiger partial charge in [0.2, 0.25) is 5.91 Å². The van der Waals surface area contributed by atoms with Gasteiger partial charge in [0.1, 0.15) is 5.92 Å². The minimum Gasteiger partial charge on any atom is -0.346 e. The van der Waals surface area contributed by atoms with E-state index in [4.69, 9.17) is 11.6 Å². The predicted octanol–water partition coefficient (Wildman–Crippen LogP) is 3.49. The van der Waals surface area contributed by atoms with Crippen LogP contribution in [0.4, 0.5) is 0 Å². The molecule has 1 aliphatic rings. The summed E-state index contributed by atoms with van der Waals surface area (Å²) in [6.07, 6.45) is 0. The topological polar surface area (TPSA) is 46.2 Å². The average Bonchev–Trinajstić information content (AvgIpc) is 2.75. The van der Waals surface area contributed by atoms with Crippen molar-refractivity contribution < 1.29 is 9.59 Å². The van der Waals surface area contributed by atoms with Crippen molar-refractivity contribution in [2.75, 3.05) is 0 Å². The second kappa shape index (κ2) is 5.58. The highest BCUT2D eigenvalue weighted by atomic mass is 35.5. The van der Waals surface area contributed by atoms with Crippen LogP contribution in [-0.2, 0) is 9.59 Å². The summed E-state index contributed by atoms with van der Waals surface area (Å²) in [5.74, 6) is -1.20. The summed E-state index contributed by atoms with van der Waals surface area (Å²) in [5.41, 5.74) is 3.65. The fourth-order valence-electron chi connectivity index (χ4n) is 2.90. The summed E-state index contributed by atoms with van der Waals surface area (Å²) < 4.78 is 0.